The van der Waals surface area contributed by atoms with E-state index >= 15 is 0 Å². The fourth-order valence-electron chi connectivity index (χ4n) is 4.23. The first-order valence-corrected chi connectivity index (χ1v) is 13.6. The predicted octanol–water partition coefficient (Wildman–Crippen LogP) is 10.5. The van der Waals surface area contributed by atoms with Gasteiger partial charge in [-0.3, -0.25) is 0 Å². The molecule has 0 unspecified atom stereocenters. The number of ether oxygens (including phenoxy) is 1. The molecule has 174 valence electrons. The van der Waals surface area contributed by atoms with Gasteiger partial charge >= 0.3 is 0 Å². The summed E-state index contributed by atoms with van der Waals surface area (Å²) in [7, 11) is 0. The molecule has 0 aliphatic carbocycles. The number of hydrogen-bond acceptors (Lipinski definition) is 1. The van der Waals surface area contributed by atoms with Crippen molar-refractivity contribution in [2.75, 3.05) is 6.61 Å². The molecular weight excluding hydrogens is 352 g/mol. The molecule has 0 bridgehead atoms. The maximum atomic E-state index is 5.15. The van der Waals surface area contributed by atoms with Crippen LogP contribution in [0.25, 0.3) is 0 Å². The zero-order valence-corrected chi connectivity index (χ0v) is 20.4. The van der Waals surface area contributed by atoms with Crippen LogP contribution in [0.2, 0.25) is 0 Å². The van der Waals surface area contributed by atoms with Crippen molar-refractivity contribution in [3.63, 3.8) is 0 Å². The lowest BCUT2D eigenvalue weighted by Gasteiger charge is -2.04. The summed E-state index contributed by atoms with van der Waals surface area (Å²) in [5.74, 6) is 0. The molecule has 0 fully saturated rings. The second kappa shape index (κ2) is 27.5. The summed E-state index contributed by atoms with van der Waals surface area (Å²) in [4.78, 5) is 0. The van der Waals surface area contributed by atoms with E-state index in [4.69, 9.17) is 4.74 Å². The van der Waals surface area contributed by atoms with E-state index in [1.165, 1.54) is 154 Å². The van der Waals surface area contributed by atoms with Gasteiger partial charge in [0.25, 0.3) is 0 Å². The first-order chi connectivity index (χ1) is 14.4. The van der Waals surface area contributed by atoms with Gasteiger partial charge in [-0.2, -0.15) is 0 Å². The van der Waals surface area contributed by atoms with Gasteiger partial charge in [0.15, 0.2) is 0 Å². The Bertz CT molecular complexity index is 286. The van der Waals surface area contributed by atoms with Gasteiger partial charge in [0.2, 0.25) is 0 Å². The lowest BCUT2D eigenvalue weighted by atomic mass is 10.0. The molecule has 0 heterocycles. The van der Waals surface area contributed by atoms with E-state index in [2.05, 4.69) is 13.5 Å². The monoisotopic (exact) mass is 408 g/mol. The summed E-state index contributed by atoms with van der Waals surface area (Å²) < 4.78 is 5.15. The van der Waals surface area contributed by atoms with Crippen molar-refractivity contribution < 1.29 is 4.74 Å². The Balaban J connectivity index is 2.97. The maximum absolute atomic E-state index is 5.15. The Labute approximate surface area is 185 Å². The van der Waals surface area contributed by atoms with E-state index in [-0.39, 0.29) is 0 Å². The molecular formula is C28H56O. The zero-order chi connectivity index (χ0) is 21.1. The van der Waals surface area contributed by atoms with Crippen LogP contribution in [0.15, 0.2) is 12.8 Å². The van der Waals surface area contributed by atoms with Gasteiger partial charge in [-0.25, -0.2) is 0 Å². The topological polar surface area (TPSA) is 9.23 Å². The molecule has 0 aromatic rings. The molecule has 29 heavy (non-hydrogen) atoms. The lowest BCUT2D eigenvalue weighted by molar-refractivity contribution is 0.241. The summed E-state index contributed by atoms with van der Waals surface area (Å²) >= 11 is 0. The highest BCUT2D eigenvalue weighted by molar-refractivity contribution is 4.52. The number of unbranched alkanes of at least 4 members (excludes halogenated alkanes) is 23. The second-order valence-corrected chi connectivity index (χ2v) is 9.17. The van der Waals surface area contributed by atoms with Crippen LogP contribution >= 0.6 is 0 Å². The molecule has 0 spiro atoms. The van der Waals surface area contributed by atoms with Crippen molar-refractivity contribution in [1.82, 2.24) is 0 Å². The van der Waals surface area contributed by atoms with Gasteiger partial charge < -0.3 is 4.74 Å². The first kappa shape index (κ1) is 28.5. The average molecular weight is 409 g/mol. The van der Waals surface area contributed by atoms with Crippen LogP contribution < -0.4 is 0 Å². The Morgan fingerprint density at radius 1 is 0.414 bits per heavy atom. The van der Waals surface area contributed by atoms with Crippen molar-refractivity contribution in [2.45, 2.75) is 161 Å². The molecule has 1 heteroatoms. The van der Waals surface area contributed by atoms with Crippen LogP contribution in [0.3, 0.4) is 0 Å². The molecule has 0 aromatic carbocycles. The Morgan fingerprint density at radius 2 is 0.655 bits per heavy atom. The third-order valence-corrected chi connectivity index (χ3v) is 6.23. The molecule has 0 radical (unpaired) electrons. The number of rotatable bonds is 26. The molecule has 1 nitrogen and oxygen atoms in total. The minimum Gasteiger partial charge on any atom is -0.502 e. The van der Waals surface area contributed by atoms with E-state index in [1.54, 1.807) is 6.26 Å². The molecule has 0 rings (SSSR count). The fourth-order valence-corrected chi connectivity index (χ4v) is 4.23. The summed E-state index contributed by atoms with van der Waals surface area (Å²) in [5.41, 5.74) is 0. The van der Waals surface area contributed by atoms with Crippen molar-refractivity contribution in [2.24, 2.45) is 0 Å². The molecule has 0 amide bonds. The van der Waals surface area contributed by atoms with Gasteiger partial charge in [0, 0.05) is 0 Å². The van der Waals surface area contributed by atoms with Crippen LogP contribution in [-0.2, 0) is 4.74 Å². The molecule has 0 N–H and O–H groups in total. The third kappa shape index (κ3) is 27.5. The molecule has 0 atom stereocenters. The Hall–Kier alpha value is -0.460. The maximum Gasteiger partial charge on any atom is 0.0873 e. The van der Waals surface area contributed by atoms with E-state index in [1.807, 2.05) is 0 Å². The van der Waals surface area contributed by atoms with Gasteiger partial charge in [-0.15, -0.1) is 0 Å². The van der Waals surface area contributed by atoms with E-state index in [9.17, 15) is 0 Å². The number of hydrogen-bond donors (Lipinski definition) is 0. The average Bonchev–Trinajstić information content (AvgIpc) is 2.74. The van der Waals surface area contributed by atoms with Crippen LogP contribution in [0.1, 0.15) is 161 Å². The standard InChI is InChI=1S/C28H56O/c1-3-5-6-7-8-9-10-11-12-13-14-15-16-17-18-19-20-21-22-23-24-25-26-27-28-29-4-2/h4H,2-3,5-28H2,1H3. The van der Waals surface area contributed by atoms with E-state index < -0.39 is 0 Å². The second-order valence-electron chi connectivity index (χ2n) is 9.17. The van der Waals surface area contributed by atoms with Crippen LogP contribution in [0.5, 0.6) is 0 Å². The summed E-state index contributed by atoms with van der Waals surface area (Å²) in [6, 6.07) is 0. The normalized spacial score (nSPS) is 11.1. The molecule has 0 saturated carbocycles. The highest BCUT2D eigenvalue weighted by Gasteiger charge is 1.96. The van der Waals surface area contributed by atoms with E-state index in [0.717, 1.165) is 6.61 Å². The third-order valence-electron chi connectivity index (χ3n) is 6.23. The summed E-state index contributed by atoms with van der Waals surface area (Å²) in [5, 5.41) is 0. The summed E-state index contributed by atoms with van der Waals surface area (Å²) in [6.07, 6.45) is 36.1. The van der Waals surface area contributed by atoms with Crippen LogP contribution in [-0.4, -0.2) is 6.61 Å². The first-order valence-electron chi connectivity index (χ1n) is 13.6. The van der Waals surface area contributed by atoms with Gasteiger partial charge in [-0.05, 0) is 6.42 Å². The van der Waals surface area contributed by atoms with Crippen molar-refractivity contribution in [3.8, 4) is 0 Å². The molecule has 0 aliphatic rings. The van der Waals surface area contributed by atoms with Crippen molar-refractivity contribution in [1.29, 1.82) is 0 Å². The molecule has 0 saturated heterocycles. The van der Waals surface area contributed by atoms with Crippen molar-refractivity contribution >= 4 is 0 Å². The Morgan fingerprint density at radius 3 is 0.897 bits per heavy atom. The largest absolute Gasteiger partial charge is 0.502 e. The zero-order valence-electron chi connectivity index (χ0n) is 20.4. The van der Waals surface area contributed by atoms with E-state index in [0.29, 0.717) is 0 Å². The lowest BCUT2D eigenvalue weighted by Crippen LogP contribution is -1.87. The SMILES string of the molecule is C=COCCCCCCCCCCCCCCCCCCCCCCCCCC. The minimum absolute atomic E-state index is 0.850. The minimum atomic E-state index is 0.850. The van der Waals surface area contributed by atoms with Crippen molar-refractivity contribution in [3.05, 3.63) is 12.8 Å². The predicted molar refractivity (Wildman–Crippen MR) is 133 cm³/mol. The molecule has 0 aliphatic heterocycles. The summed E-state index contributed by atoms with van der Waals surface area (Å²) in [6.45, 7) is 6.72. The van der Waals surface area contributed by atoms with Crippen LogP contribution in [0, 0.1) is 0 Å². The van der Waals surface area contributed by atoms with Gasteiger partial charge in [0.1, 0.15) is 0 Å². The van der Waals surface area contributed by atoms with Gasteiger partial charge in [-0.1, -0.05) is 161 Å². The molecule has 0 aromatic heterocycles. The fraction of sp³-hybridized carbons (Fsp3) is 0.929. The van der Waals surface area contributed by atoms with Gasteiger partial charge in [0.05, 0.1) is 12.9 Å². The Kier molecular flexibility index (Phi) is 27.1. The highest BCUT2D eigenvalue weighted by Crippen LogP contribution is 2.15. The highest BCUT2D eigenvalue weighted by atomic mass is 16.5. The smallest absolute Gasteiger partial charge is 0.0873 e. The van der Waals surface area contributed by atoms with Crippen LogP contribution in [0.4, 0.5) is 0 Å². The quantitative estimate of drug-likeness (QED) is 0.102.